The van der Waals surface area contributed by atoms with Gasteiger partial charge in [0.2, 0.25) is 0 Å². The lowest BCUT2D eigenvalue weighted by atomic mass is 10.0. The maximum Gasteiger partial charge on any atom is 0.257 e. The number of nitrogens with two attached hydrogens (primary N) is 1. The van der Waals surface area contributed by atoms with E-state index in [0.717, 1.165) is 25.8 Å². The molecule has 2 heterocycles. The summed E-state index contributed by atoms with van der Waals surface area (Å²) in [5.41, 5.74) is 6.33. The highest BCUT2D eigenvalue weighted by Crippen LogP contribution is 2.20. The van der Waals surface area contributed by atoms with Gasteiger partial charge >= 0.3 is 0 Å². The Hall–Kier alpha value is -1.36. The molecule has 106 valence electrons. The van der Waals surface area contributed by atoms with Crippen LogP contribution in [0.3, 0.4) is 0 Å². The van der Waals surface area contributed by atoms with E-state index in [2.05, 4.69) is 25.9 Å². The third-order valence-corrected chi connectivity index (χ3v) is 3.68. The lowest BCUT2D eigenvalue weighted by molar-refractivity contribution is 0.0623. The summed E-state index contributed by atoms with van der Waals surface area (Å²) in [5, 5.41) is 4.29. The van der Waals surface area contributed by atoms with Crippen molar-refractivity contribution >= 4 is 5.91 Å². The third kappa shape index (κ3) is 2.97. The van der Waals surface area contributed by atoms with Gasteiger partial charge in [-0.3, -0.25) is 9.48 Å². The van der Waals surface area contributed by atoms with Crippen LogP contribution in [-0.2, 0) is 5.54 Å². The van der Waals surface area contributed by atoms with E-state index in [1.807, 2.05) is 15.8 Å². The van der Waals surface area contributed by atoms with Crippen LogP contribution in [0.5, 0.6) is 0 Å². The predicted octanol–water partition coefficient (Wildman–Crippen LogP) is 1.59. The fourth-order valence-corrected chi connectivity index (χ4v) is 2.48. The quantitative estimate of drug-likeness (QED) is 0.882. The van der Waals surface area contributed by atoms with E-state index < -0.39 is 0 Å². The Morgan fingerprint density at radius 2 is 2.21 bits per heavy atom. The first-order chi connectivity index (χ1) is 8.93. The van der Waals surface area contributed by atoms with Crippen LogP contribution in [0.15, 0.2) is 12.4 Å². The van der Waals surface area contributed by atoms with Crippen molar-refractivity contribution in [1.82, 2.24) is 14.7 Å². The molecule has 1 aromatic rings. The molecule has 0 aromatic carbocycles. The molecule has 1 fully saturated rings. The van der Waals surface area contributed by atoms with Crippen LogP contribution in [0.25, 0.3) is 0 Å². The number of rotatable bonds is 2. The van der Waals surface area contributed by atoms with Gasteiger partial charge in [-0.1, -0.05) is 0 Å². The van der Waals surface area contributed by atoms with Crippen molar-refractivity contribution in [3.05, 3.63) is 18.0 Å². The molecule has 0 spiro atoms. The maximum absolute atomic E-state index is 12.5. The van der Waals surface area contributed by atoms with Crippen molar-refractivity contribution in [3.63, 3.8) is 0 Å². The van der Waals surface area contributed by atoms with Gasteiger partial charge < -0.3 is 10.6 Å². The van der Waals surface area contributed by atoms with Gasteiger partial charge in [0.05, 0.1) is 17.3 Å². The Morgan fingerprint density at radius 3 is 2.79 bits per heavy atom. The Labute approximate surface area is 114 Å². The minimum Gasteiger partial charge on any atom is -0.334 e. The molecule has 0 bridgehead atoms. The number of carbonyl (C=O) groups is 1. The Kier molecular flexibility index (Phi) is 3.94. The van der Waals surface area contributed by atoms with Gasteiger partial charge in [0, 0.05) is 25.3 Å². The summed E-state index contributed by atoms with van der Waals surface area (Å²) in [4.78, 5) is 14.4. The molecule has 2 N–H and O–H groups in total. The molecule has 0 radical (unpaired) electrons. The Balaban J connectivity index is 2.16. The minimum absolute atomic E-state index is 0.0608. The summed E-state index contributed by atoms with van der Waals surface area (Å²) >= 11 is 0. The van der Waals surface area contributed by atoms with Gasteiger partial charge in [-0.2, -0.15) is 5.10 Å². The lowest BCUT2D eigenvalue weighted by Crippen LogP contribution is -2.47. The molecule has 1 aromatic heterocycles. The second-order valence-corrected chi connectivity index (χ2v) is 6.23. The van der Waals surface area contributed by atoms with Crippen LogP contribution in [0.2, 0.25) is 0 Å². The number of aromatic nitrogens is 2. The molecular weight excluding hydrogens is 240 g/mol. The molecule has 0 saturated carbocycles. The largest absolute Gasteiger partial charge is 0.334 e. The van der Waals surface area contributed by atoms with E-state index in [-0.39, 0.29) is 17.5 Å². The first kappa shape index (κ1) is 14.1. The zero-order chi connectivity index (χ0) is 14.0. The van der Waals surface area contributed by atoms with Gasteiger partial charge in [0.1, 0.15) is 0 Å². The highest BCUT2D eigenvalue weighted by Gasteiger charge is 2.27. The SMILES string of the molecule is CC(C)(C)n1cc(C(=O)N2CCCCC2CN)cn1. The maximum atomic E-state index is 12.5. The van der Waals surface area contributed by atoms with E-state index in [0.29, 0.717) is 12.1 Å². The van der Waals surface area contributed by atoms with Crippen molar-refractivity contribution in [2.75, 3.05) is 13.1 Å². The monoisotopic (exact) mass is 264 g/mol. The smallest absolute Gasteiger partial charge is 0.257 e. The normalized spacial score (nSPS) is 20.6. The lowest BCUT2D eigenvalue weighted by Gasteiger charge is -2.34. The summed E-state index contributed by atoms with van der Waals surface area (Å²) in [7, 11) is 0. The molecule has 1 aliphatic heterocycles. The van der Waals surface area contributed by atoms with E-state index in [9.17, 15) is 4.79 Å². The van der Waals surface area contributed by atoms with Crippen molar-refractivity contribution in [2.45, 2.75) is 51.6 Å². The standard InChI is InChI=1S/C14H24N4O/c1-14(2,3)18-10-11(9-16-18)13(19)17-7-5-4-6-12(17)8-15/h9-10,12H,4-8,15H2,1-3H3. The second kappa shape index (κ2) is 5.33. The van der Waals surface area contributed by atoms with E-state index in [1.54, 1.807) is 6.20 Å². The average Bonchev–Trinajstić information content (AvgIpc) is 2.87. The fourth-order valence-electron chi connectivity index (χ4n) is 2.48. The fraction of sp³-hybridized carbons (Fsp3) is 0.714. The van der Waals surface area contributed by atoms with E-state index >= 15 is 0 Å². The van der Waals surface area contributed by atoms with Crippen LogP contribution in [0, 0.1) is 0 Å². The average molecular weight is 264 g/mol. The van der Waals surface area contributed by atoms with Crippen LogP contribution >= 0.6 is 0 Å². The molecule has 1 atom stereocenters. The summed E-state index contributed by atoms with van der Waals surface area (Å²) in [6.07, 6.45) is 6.73. The summed E-state index contributed by atoms with van der Waals surface area (Å²) < 4.78 is 1.83. The molecule has 1 aliphatic rings. The molecule has 2 rings (SSSR count). The van der Waals surface area contributed by atoms with Crippen LogP contribution in [-0.4, -0.2) is 39.7 Å². The number of likely N-dealkylation sites (tertiary alicyclic amines) is 1. The van der Waals surface area contributed by atoms with E-state index in [1.165, 1.54) is 0 Å². The second-order valence-electron chi connectivity index (χ2n) is 6.23. The molecule has 5 heteroatoms. The zero-order valence-corrected chi connectivity index (χ0v) is 12.1. The van der Waals surface area contributed by atoms with Gasteiger partial charge in [-0.25, -0.2) is 0 Å². The molecular formula is C14H24N4O. The number of carbonyl (C=O) groups excluding carboxylic acids is 1. The van der Waals surface area contributed by atoms with Gasteiger partial charge in [0.25, 0.3) is 5.91 Å². The molecule has 1 unspecified atom stereocenters. The summed E-state index contributed by atoms with van der Waals surface area (Å²) in [5.74, 6) is 0.0608. The molecule has 5 nitrogen and oxygen atoms in total. The van der Waals surface area contributed by atoms with Gasteiger partial charge in [0.15, 0.2) is 0 Å². The van der Waals surface area contributed by atoms with Gasteiger partial charge in [-0.05, 0) is 40.0 Å². The number of piperidine rings is 1. The topological polar surface area (TPSA) is 64.2 Å². The highest BCUT2D eigenvalue weighted by molar-refractivity contribution is 5.94. The van der Waals surface area contributed by atoms with Crippen LogP contribution in [0.4, 0.5) is 0 Å². The minimum atomic E-state index is -0.103. The zero-order valence-electron chi connectivity index (χ0n) is 12.1. The molecule has 0 aliphatic carbocycles. The van der Waals surface area contributed by atoms with Gasteiger partial charge in [-0.15, -0.1) is 0 Å². The predicted molar refractivity (Wildman–Crippen MR) is 75.0 cm³/mol. The number of hydrogen-bond acceptors (Lipinski definition) is 3. The Morgan fingerprint density at radius 1 is 1.47 bits per heavy atom. The molecule has 19 heavy (non-hydrogen) atoms. The Bertz CT molecular complexity index is 447. The number of hydrogen-bond donors (Lipinski definition) is 1. The van der Waals surface area contributed by atoms with Crippen molar-refractivity contribution in [3.8, 4) is 0 Å². The third-order valence-electron chi connectivity index (χ3n) is 3.68. The number of amides is 1. The van der Waals surface area contributed by atoms with Crippen molar-refractivity contribution in [2.24, 2.45) is 5.73 Å². The first-order valence-electron chi connectivity index (χ1n) is 6.99. The van der Waals surface area contributed by atoms with Crippen LogP contribution < -0.4 is 5.73 Å². The van der Waals surface area contributed by atoms with Crippen molar-refractivity contribution in [1.29, 1.82) is 0 Å². The van der Waals surface area contributed by atoms with E-state index in [4.69, 9.17) is 5.73 Å². The van der Waals surface area contributed by atoms with Crippen molar-refractivity contribution < 1.29 is 4.79 Å². The van der Waals surface area contributed by atoms with Crippen LogP contribution in [0.1, 0.15) is 50.4 Å². The number of nitrogens with zero attached hydrogens (tertiary/aromatic N) is 3. The first-order valence-corrected chi connectivity index (χ1v) is 6.99. The summed E-state index contributed by atoms with van der Waals surface area (Å²) in [6, 6.07) is 0.180. The summed E-state index contributed by atoms with van der Waals surface area (Å²) in [6.45, 7) is 7.55. The highest BCUT2D eigenvalue weighted by atomic mass is 16.2. The molecule has 1 saturated heterocycles. The molecule has 1 amide bonds.